The minimum absolute atomic E-state index is 0.0365. The molecule has 0 aliphatic carbocycles. The van der Waals surface area contributed by atoms with Gasteiger partial charge in [0.25, 0.3) is 0 Å². The quantitative estimate of drug-likeness (QED) is 0.742. The van der Waals surface area contributed by atoms with Gasteiger partial charge in [0.1, 0.15) is 11.6 Å². The van der Waals surface area contributed by atoms with Crippen LogP contribution < -0.4 is 9.64 Å². The van der Waals surface area contributed by atoms with Crippen LogP contribution in [0, 0.1) is 5.82 Å². The number of carbonyl (C=O) groups excluding carboxylic acids is 1. The zero-order chi connectivity index (χ0) is 20.6. The van der Waals surface area contributed by atoms with Crippen molar-refractivity contribution in [2.75, 3.05) is 36.6 Å². The van der Waals surface area contributed by atoms with Gasteiger partial charge in [0.15, 0.2) is 9.84 Å². The topological polar surface area (TPSA) is 66.9 Å². The van der Waals surface area contributed by atoms with Crippen LogP contribution in [0.3, 0.4) is 0 Å². The molecule has 8 heteroatoms. The van der Waals surface area contributed by atoms with Crippen LogP contribution >= 0.6 is 0 Å². The van der Waals surface area contributed by atoms with E-state index in [2.05, 4.69) is 0 Å². The molecule has 4 rings (SSSR count). The molecule has 2 aliphatic heterocycles. The fraction of sp³-hybridized carbons (Fsp3) is 0.381. The van der Waals surface area contributed by atoms with E-state index < -0.39 is 15.9 Å². The van der Waals surface area contributed by atoms with E-state index in [0.29, 0.717) is 24.4 Å². The van der Waals surface area contributed by atoms with Crippen molar-refractivity contribution in [3.05, 3.63) is 59.9 Å². The molecule has 29 heavy (non-hydrogen) atoms. The Balaban J connectivity index is 1.58. The van der Waals surface area contributed by atoms with E-state index >= 15 is 0 Å². The smallest absolute Gasteiger partial charge is 0.241 e. The van der Waals surface area contributed by atoms with Crippen molar-refractivity contribution in [1.82, 2.24) is 4.90 Å². The number of halogens is 1. The van der Waals surface area contributed by atoms with Crippen molar-refractivity contribution in [1.29, 1.82) is 0 Å². The second kappa shape index (κ2) is 7.76. The third-order valence-electron chi connectivity index (χ3n) is 5.63. The van der Waals surface area contributed by atoms with E-state index in [1.165, 1.54) is 12.1 Å². The summed E-state index contributed by atoms with van der Waals surface area (Å²) in [4.78, 5) is 16.6. The van der Waals surface area contributed by atoms with E-state index in [1.807, 2.05) is 4.90 Å². The molecule has 6 nitrogen and oxygen atoms in total. The molecule has 2 aliphatic rings. The molecule has 2 aromatic rings. The highest BCUT2D eigenvalue weighted by molar-refractivity contribution is 7.91. The lowest BCUT2D eigenvalue weighted by Crippen LogP contribution is -2.62. The Bertz CT molecular complexity index is 1010. The maximum Gasteiger partial charge on any atom is 0.241 e. The number of carbonyl (C=O) groups is 1. The van der Waals surface area contributed by atoms with Gasteiger partial charge in [-0.2, -0.15) is 0 Å². The Morgan fingerprint density at radius 1 is 1.10 bits per heavy atom. The Morgan fingerprint density at radius 2 is 1.83 bits per heavy atom. The lowest BCUT2D eigenvalue weighted by molar-refractivity contribution is -0.123. The summed E-state index contributed by atoms with van der Waals surface area (Å²) in [5, 5.41) is 0. The van der Waals surface area contributed by atoms with E-state index in [9.17, 15) is 17.6 Å². The van der Waals surface area contributed by atoms with Crippen molar-refractivity contribution < 1.29 is 22.3 Å². The fourth-order valence-corrected chi connectivity index (χ4v) is 6.20. The first-order chi connectivity index (χ1) is 13.9. The summed E-state index contributed by atoms with van der Waals surface area (Å²) in [5.74, 6) is 0.183. The first-order valence-corrected chi connectivity index (χ1v) is 11.3. The van der Waals surface area contributed by atoms with Gasteiger partial charge in [-0.1, -0.05) is 18.2 Å². The van der Waals surface area contributed by atoms with Crippen LogP contribution in [-0.4, -0.2) is 63.0 Å². The van der Waals surface area contributed by atoms with Gasteiger partial charge in [0.2, 0.25) is 5.91 Å². The molecule has 2 saturated heterocycles. The summed E-state index contributed by atoms with van der Waals surface area (Å²) in [7, 11) is -1.69. The lowest BCUT2D eigenvalue weighted by atomic mass is 10.0. The summed E-state index contributed by atoms with van der Waals surface area (Å²) in [5.41, 5.74) is 1.60. The summed E-state index contributed by atoms with van der Waals surface area (Å²) in [6, 6.07) is 12.7. The van der Waals surface area contributed by atoms with Crippen LogP contribution in [0.5, 0.6) is 5.75 Å². The lowest BCUT2D eigenvalue weighted by Gasteiger charge is -2.43. The maximum absolute atomic E-state index is 13.1. The van der Waals surface area contributed by atoms with Crippen LogP contribution in [0.25, 0.3) is 0 Å². The van der Waals surface area contributed by atoms with Crippen LogP contribution in [0.2, 0.25) is 0 Å². The molecule has 154 valence electrons. The predicted octanol–water partition coefficient (Wildman–Crippen LogP) is 1.89. The number of ether oxygens (including phenoxy) is 1. The van der Waals surface area contributed by atoms with Gasteiger partial charge < -0.3 is 9.64 Å². The van der Waals surface area contributed by atoms with E-state index in [0.717, 1.165) is 5.56 Å². The normalized spacial score (nSPS) is 23.8. The summed E-state index contributed by atoms with van der Waals surface area (Å²) in [6.45, 7) is 0.690. The average molecular weight is 418 g/mol. The summed E-state index contributed by atoms with van der Waals surface area (Å²) in [6.07, 6.45) is 0.621. The highest BCUT2D eigenvalue weighted by Gasteiger charge is 2.49. The number of sulfone groups is 1. The number of nitrogens with zero attached hydrogens (tertiary/aromatic N) is 2. The zero-order valence-corrected chi connectivity index (χ0v) is 16.9. The molecule has 0 N–H and O–H groups in total. The van der Waals surface area contributed by atoms with Gasteiger partial charge in [-0.25, -0.2) is 12.8 Å². The Labute approximate surface area is 169 Å². The molecule has 0 unspecified atom stereocenters. The monoisotopic (exact) mass is 418 g/mol. The third-order valence-corrected chi connectivity index (χ3v) is 7.33. The van der Waals surface area contributed by atoms with Crippen LogP contribution in [0.4, 0.5) is 10.1 Å². The van der Waals surface area contributed by atoms with Crippen LogP contribution in [0.1, 0.15) is 5.56 Å². The Kier molecular flexibility index (Phi) is 5.31. The van der Waals surface area contributed by atoms with E-state index in [4.69, 9.17) is 4.74 Å². The molecular weight excluding hydrogens is 395 g/mol. The second-order valence-corrected chi connectivity index (χ2v) is 9.68. The Morgan fingerprint density at radius 3 is 2.55 bits per heavy atom. The number of anilines is 1. The molecule has 2 aromatic carbocycles. The third kappa shape index (κ3) is 4.13. The maximum atomic E-state index is 13.1. The van der Waals surface area contributed by atoms with Crippen molar-refractivity contribution in [2.45, 2.75) is 18.5 Å². The summed E-state index contributed by atoms with van der Waals surface area (Å²) >= 11 is 0. The SMILES string of the molecule is COc1cccc(N2C(=O)CN(CCc3ccc(F)cc3)[C@H]3CS(=O)(=O)C[C@H]32)c1. The largest absolute Gasteiger partial charge is 0.497 e. The number of amides is 1. The molecule has 0 bridgehead atoms. The average Bonchev–Trinajstić information content (AvgIpc) is 3.02. The zero-order valence-electron chi connectivity index (χ0n) is 16.1. The predicted molar refractivity (Wildman–Crippen MR) is 108 cm³/mol. The molecule has 0 saturated carbocycles. The highest BCUT2D eigenvalue weighted by atomic mass is 32.2. The number of fused-ring (bicyclic) bond motifs is 1. The second-order valence-electron chi connectivity index (χ2n) is 7.52. The Hall–Kier alpha value is -2.45. The van der Waals surface area contributed by atoms with Crippen molar-refractivity contribution >= 4 is 21.4 Å². The number of benzene rings is 2. The van der Waals surface area contributed by atoms with Gasteiger partial charge in [0, 0.05) is 24.3 Å². The van der Waals surface area contributed by atoms with Gasteiger partial charge in [-0.15, -0.1) is 0 Å². The molecule has 0 spiro atoms. The molecule has 2 atom stereocenters. The van der Waals surface area contributed by atoms with Gasteiger partial charge in [-0.3, -0.25) is 9.69 Å². The fourth-order valence-electron chi connectivity index (χ4n) is 4.22. The van der Waals surface area contributed by atoms with Gasteiger partial charge in [-0.05, 0) is 36.2 Å². The first-order valence-electron chi connectivity index (χ1n) is 9.51. The number of methoxy groups -OCH3 is 1. The summed E-state index contributed by atoms with van der Waals surface area (Å²) < 4.78 is 43.2. The van der Waals surface area contributed by atoms with Crippen LogP contribution in [0.15, 0.2) is 48.5 Å². The number of hydrogen-bond donors (Lipinski definition) is 0. The van der Waals surface area contributed by atoms with Crippen molar-refractivity contribution in [2.24, 2.45) is 0 Å². The van der Waals surface area contributed by atoms with E-state index in [-0.39, 0.29) is 35.8 Å². The first kappa shape index (κ1) is 19.8. The van der Waals surface area contributed by atoms with Gasteiger partial charge >= 0.3 is 0 Å². The molecule has 2 fully saturated rings. The van der Waals surface area contributed by atoms with Crippen molar-refractivity contribution in [3.63, 3.8) is 0 Å². The van der Waals surface area contributed by atoms with E-state index in [1.54, 1.807) is 48.4 Å². The highest BCUT2D eigenvalue weighted by Crippen LogP contribution is 2.33. The standard InChI is InChI=1S/C21H23FN2O4S/c1-28-18-4-2-3-17(11-18)24-20-14-29(26,27)13-19(20)23(12-21(24)25)10-9-15-5-7-16(22)8-6-15/h2-8,11,19-20H,9-10,12-14H2,1H3/t19-,20+/m0/s1. The molecule has 0 radical (unpaired) electrons. The number of hydrogen-bond acceptors (Lipinski definition) is 5. The number of piperazine rings is 1. The molecule has 1 amide bonds. The van der Waals surface area contributed by atoms with Crippen LogP contribution in [-0.2, 0) is 21.1 Å². The minimum Gasteiger partial charge on any atom is -0.497 e. The molecular formula is C21H23FN2O4S. The minimum atomic E-state index is -3.25. The van der Waals surface area contributed by atoms with Gasteiger partial charge in [0.05, 0.1) is 31.2 Å². The molecule has 0 aromatic heterocycles. The number of rotatable bonds is 5. The van der Waals surface area contributed by atoms with Crippen molar-refractivity contribution in [3.8, 4) is 5.75 Å². The molecule has 2 heterocycles.